The monoisotopic (exact) mass is 325 g/mol. The van der Waals surface area contributed by atoms with E-state index in [1.54, 1.807) is 11.3 Å². The number of nitrogens with zero attached hydrogens (tertiary/aromatic N) is 1. The van der Waals surface area contributed by atoms with E-state index in [0.717, 1.165) is 38.2 Å². The van der Waals surface area contributed by atoms with Crippen molar-refractivity contribution >= 4 is 29.0 Å². The lowest BCUT2D eigenvalue weighted by atomic mass is 10.0. The van der Waals surface area contributed by atoms with Crippen molar-refractivity contribution in [1.82, 2.24) is 4.90 Å². The van der Waals surface area contributed by atoms with E-state index in [9.17, 15) is 4.79 Å². The molecule has 1 fully saturated rings. The van der Waals surface area contributed by atoms with Crippen LogP contribution in [0.3, 0.4) is 0 Å². The van der Waals surface area contributed by atoms with Crippen molar-refractivity contribution in [1.29, 1.82) is 0 Å². The van der Waals surface area contributed by atoms with Gasteiger partial charge in [-0.2, -0.15) is 0 Å². The van der Waals surface area contributed by atoms with E-state index in [1.807, 2.05) is 11.8 Å². The van der Waals surface area contributed by atoms with E-state index in [-0.39, 0.29) is 11.3 Å². The van der Waals surface area contributed by atoms with Gasteiger partial charge in [0.2, 0.25) is 5.91 Å². The molecule has 0 unspecified atom stereocenters. The third-order valence-corrected chi connectivity index (χ3v) is 6.52. The third-order valence-electron chi connectivity index (χ3n) is 4.30. The maximum Gasteiger partial charge on any atom is 0.240 e. The van der Waals surface area contributed by atoms with Crippen molar-refractivity contribution in [3.63, 3.8) is 0 Å². The fraction of sp³-hybridized carbons (Fsp3) is 0.688. The highest BCUT2D eigenvalue weighted by Crippen LogP contribution is 2.41. The van der Waals surface area contributed by atoms with Gasteiger partial charge in [0.15, 0.2) is 0 Å². The fourth-order valence-corrected chi connectivity index (χ4v) is 5.65. The molecule has 2 aliphatic rings. The van der Waals surface area contributed by atoms with Crippen LogP contribution in [0.5, 0.6) is 0 Å². The van der Waals surface area contributed by atoms with Crippen LogP contribution in [0.1, 0.15) is 42.4 Å². The molecule has 5 heteroatoms. The smallest absolute Gasteiger partial charge is 0.240 e. The first-order valence-corrected chi connectivity index (χ1v) is 9.69. The van der Waals surface area contributed by atoms with Gasteiger partial charge >= 0.3 is 0 Å². The lowest BCUT2D eigenvalue weighted by Crippen LogP contribution is -2.49. The number of rotatable bonds is 3. The van der Waals surface area contributed by atoms with Crippen molar-refractivity contribution in [3.8, 4) is 0 Å². The van der Waals surface area contributed by atoms with Crippen molar-refractivity contribution in [2.24, 2.45) is 0 Å². The standard InChI is InChI=1S/C16H23NO2S2/c1-11(2)17(12-3-7-19-8-4-12)16(18)15-13-5-9-20-14(13)6-10-21-15/h5,9,11-12,15H,3-4,6-8,10H2,1-2H3/t15-/m0/s1. The zero-order chi connectivity index (χ0) is 14.8. The van der Waals surface area contributed by atoms with E-state index < -0.39 is 0 Å². The molecule has 3 nitrogen and oxygen atoms in total. The van der Waals surface area contributed by atoms with Gasteiger partial charge in [0.25, 0.3) is 0 Å². The van der Waals surface area contributed by atoms with Crippen LogP contribution in [0.15, 0.2) is 11.4 Å². The molecule has 1 saturated heterocycles. The lowest BCUT2D eigenvalue weighted by Gasteiger charge is -2.39. The molecule has 0 bridgehead atoms. The molecule has 1 amide bonds. The molecule has 2 aliphatic heterocycles. The average Bonchev–Trinajstić information content (AvgIpc) is 2.96. The third kappa shape index (κ3) is 3.15. The largest absolute Gasteiger partial charge is 0.381 e. The predicted octanol–water partition coefficient (Wildman–Crippen LogP) is 3.49. The Kier molecular flexibility index (Phi) is 4.92. The Labute approximate surface area is 135 Å². The molecule has 3 heterocycles. The SMILES string of the molecule is CC(C)N(C(=O)[C@H]1SCCc2sccc21)C1CCOCC1. The molecule has 116 valence electrons. The van der Waals surface area contributed by atoms with Crippen LogP contribution in [0, 0.1) is 0 Å². The maximum atomic E-state index is 13.2. The highest BCUT2D eigenvalue weighted by Gasteiger charge is 2.36. The Morgan fingerprint density at radius 2 is 2.14 bits per heavy atom. The zero-order valence-electron chi connectivity index (χ0n) is 12.7. The summed E-state index contributed by atoms with van der Waals surface area (Å²) in [5, 5.41) is 2.13. The molecular formula is C16H23NO2S2. The van der Waals surface area contributed by atoms with Crippen LogP contribution >= 0.6 is 23.1 Å². The molecule has 0 aliphatic carbocycles. The lowest BCUT2D eigenvalue weighted by molar-refractivity contribution is -0.137. The summed E-state index contributed by atoms with van der Waals surface area (Å²) in [5.41, 5.74) is 1.26. The van der Waals surface area contributed by atoms with Gasteiger partial charge in [-0.3, -0.25) is 4.79 Å². The summed E-state index contributed by atoms with van der Waals surface area (Å²) in [6, 6.07) is 2.75. The molecule has 0 aromatic carbocycles. The van der Waals surface area contributed by atoms with Gasteiger partial charge in [-0.05, 0) is 55.9 Å². The summed E-state index contributed by atoms with van der Waals surface area (Å²) in [4.78, 5) is 16.7. The Morgan fingerprint density at radius 1 is 1.38 bits per heavy atom. The van der Waals surface area contributed by atoms with Gasteiger partial charge in [-0.1, -0.05) is 0 Å². The molecule has 1 aromatic rings. The molecule has 21 heavy (non-hydrogen) atoms. The number of hydrogen-bond donors (Lipinski definition) is 0. The topological polar surface area (TPSA) is 29.5 Å². The van der Waals surface area contributed by atoms with E-state index in [4.69, 9.17) is 4.74 Å². The molecular weight excluding hydrogens is 302 g/mol. The second-order valence-corrected chi connectivity index (χ2v) is 8.20. The van der Waals surface area contributed by atoms with Crippen LogP contribution in [-0.2, 0) is 16.0 Å². The van der Waals surface area contributed by atoms with Crippen molar-refractivity contribution in [2.45, 2.75) is 50.4 Å². The number of hydrogen-bond acceptors (Lipinski definition) is 4. The summed E-state index contributed by atoms with van der Waals surface area (Å²) in [6.45, 7) is 5.83. The van der Waals surface area contributed by atoms with Crippen LogP contribution in [-0.4, -0.2) is 41.9 Å². The molecule has 0 spiro atoms. The minimum Gasteiger partial charge on any atom is -0.381 e. The van der Waals surface area contributed by atoms with Crippen molar-refractivity contribution in [3.05, 3.63) is 21.9 Å². The molecule has 0 saturated carbocycles. The molecule has 3 rings (SSSR count). The van der Waals surface area contributed by atoms with Gasteiger partial charge in [0.05, 0.1) is 0 Å². The quantitative estimate of drug-likeness (QED) is 0.852. The molecule has 1 aromatic heterocycles. The highest BCUT2D eigenvalue weighted by atomic mass is 32.2. The van der Waals surface area contributed by atoms with Gasteiger partial charge in [-0.25, -0.2) is 0 Å². The minimum atomic E-state index is 0.00486. The predicted molar refractivity (Wildman–Crippen MR) is 89.0 cm³/mol. The van der Waals surface area contributed by atoms with E-state index in [1.165, 1.54) is 10.4 Å². The van der Waals surface area contributed by atoms with E-state index >= 15 is 0 Å². The number of aryl methyl sites for hydroxylation is 1. The van der Waals surface area contributed by atoms with Crippen LogP contribution in [0.2, 0.25) is 0 Å². The normalized spacial score (nSPS) is 23.1. The Balaban J connectivity index is 1.82. The molecule has 0 N–H and O–H groups in total. The first kappa shape index (κ1) is 15.4. The fourth-order valence-electron chi connectivity index (χ4n) is 3.31. The number of fused-ring (bicyclic) bond motifs is 1. The number of amides is 1. The zero-order valence-corrected chi connectivity index (χ0v) is 14.3. The summed E-state index contributed by atoms with van der Waals surface area (Å²) in [7, 11) is 0. The molecule has 0 radical (unpaired) electrons. The van der Waals surface area contributed by atoms with Crippen LogP contribution in [0.4, 0.5) is 0 Å². The summed E-state index contributed by atoms with van der Waals surface area (Å²) >= 11 is 3.61. The number of ether oxygens (including phenoxy) is 1. The minimum absolute atomic E-state index is 0.00486. The summed E-state index contributed by atoms with van der Waals surface area (Å²) < 4.78 is 5.46. The number of thiophene rings is 1. The molecule has 1 atom stereocenters. The summed E-state index contributed by atoms with van der Waals surface area (Å²) in [6.07, 6.45) is 3.05. The van der Waals surface area contributed by atoms with Gasteiger partial charge in [0, 0.05) is 30.2 Å². The Bertz CT molecular complexity index is 494. The Hall–Kier alpha value is -0.520. The van der Waals surface area contributed by atoms with Crippen molar-refractivity contribution in [2.75, 3.05) is 19.0 Å². The average molecular weight is 325 g/mol. The van der Waals surface area contributed by atoms with Crippen LogP contribution < -0.4 is 0 Å². The van der Waals surface area contributed by atoms with E-state index in [2.05, 4.69) is 30.2 Å². The maximum absolute atomic E-state index is 13.2. The highest BCUT2D eigenvalue weighted by molar-refractivity contribution is 8.00. The second kappa shape index (κ2) is 6.71. The second-order valence-electron chi connectivity index (χ2n) is 5.98. The first-order chi connectivity index (χ1) is 10.2. The summed E-state index contributed by atoms with van der Waals surface area (Å²) in [5.74, 6) is 1.37. The number of carbonyl (C=O) groups is 1. The van der Waals surface area contributed by atoms with Gasteiger partial charge in [0.1, 0.15) is 5.25 Å². The van der Waals surface area contributed by atoms with Gasteiger partial charge < -0.3 is 9.64 Å². The van der Waals surface area contributed by atoms with Crippen molar-refractivity contribution < 1.29 is 9.53 Å². The van der Waals surface area contributed by atoms with E-state index in [0.29, 0.717) is 11.9 Å². The number of thioether (sulfide) groups is 1. The Morgan fingerprint density at radius 3 is 2.86 bits per heavy atom. The first-order valence-electron chi connectivity index (χ1n) is 7.76. The number of carbonyl (C=O) groups excluding carboxylic acids is 1. The van der Waals surface area contributed by atoms with Gasteiger partial charge in [-0.15, -0.1) is 23.1 Å². The van der Waals surface area contributed by atoms with Crippen LogP contribution in [0.25, 0.3) is 0 Å².